The van der Waals surface area contributed by atoms with Gasteiger partial charge in [0.2, 0.25) is 0 Å². The molecule has 94 valence electrons. The number of piperidine rings is 1. The summed E-state index contributed by atoms with van der Waals surface area (Å²) in [6, 6.07) is 7.68. The standard InChI is InChI=1S/C13H20FN3/c1-16(2)13-7-8-17(9-12(13)14)11-5-3-10(15)4-6-11/h3-6,12-13H,7-9,15H2,1-2H3. The molecular formula is C13H20FN3. The molecule has 2 N–H and O–H groups in total. The maximum Gasteiger partial charge on any atom is 0.133 e. The van der Waals surface area contributed by atoms with Crippen LogP contribution < -0.4 is 10.6 Å². The lowest BCUT2D eigenvalue weighted by atomic mass is 10.0. The number of anilines is 2. The van der Waals surface area contributed by atoms with Gasteiger partial charge in [0.25, 0.3) is 0 Å². The Balaban J connectivity index is 2.04. The Morgan fingerprint density at radius 2 is 1.94 bits per heavy atom. The second-order valence-electron chi connectivity index (χ2n) is 4.87. The molecule has 0 aromatic heterocycles. The lowest BCUT2D eigenvalue weighted by molar-refractivity contribution is 0.137. The maximum absolute atomic E-state index is 14.0. The molecule has 0 bridgehead atoms. The summed E-state index contributed by atoms with van der Waals surface area (Å²) in [6.45, 7) is 1.36. The Labute approximate surface area is 102 Å². The van der Waals surface area contributed by atoms with Gasteiger partial charge in [0.1, 0.15) is 6.17 Å². The van der Waals surface area contributed by atoms with E-state index in [4.69, 9.17) is 5.73 Å². The van der Waals surface area contributed by atoms with Crippen LogP contribution in [0.1, 0.15) is 6.42 Å². The highest BCUT2D eigenvalue weighted by Crippen LogP contribution is 2.24. The maximum atomic E-state index is 14.0. The number of nitrogens with two attached hydrogens (primary N) is 1. The Hall–Kier alpha value is -1.29. The summed E-state index contributed by atoms with van der Waals surface area (Å²) < 4.78 is 14.0. The number of halogens is 1. The van der Waals surface area contributed by atoms with Crippen LogP contribution in [0, 0.1) is 0 Å². The van der Waals surface area contributed by atoms with Gasteiger partial charge in [-0.1, -0.05) is 0 Å². The van der Waals surface area contributed by atoms with Gasteiger partial charge in [-0.25, -0.2) is 4.39 Å². The SMILES string of the molecule is CN(C)C1CCN(c2ccc(N)cc2)CC1F. The van der Waals surface area contributed by atoms with Crippen LogP contribution in [0.4, 0.5) is 15.8 Å². The summed E-state index contributed by atoms with van der Waals surface area (Å²) in [5.74, 6) is 0. The molecule has 17 heavy (non-hydrogen) atoms. The van der Waals surface area contributed by atoms with Gasteiger partial charge in [0.15, 0.2) is 0 Å². The molecule has 2 rings (SSSR count). The Bertz CT molecular complexity index is 363. The van der Waals surface area contributed by atoms with Crippen molar-refractivity contribution in [2.24, 2.45) is 0 Å². The predicted octanol–water partition coefficient (Wildman–Crippen LogP) is 1.75. The van der Waals surface area contributed by atoms with Crippen LogP contribution in [0.3, 0.4) is 0 Å². The highest BCUT2D eigenvalue weighted by atomic mass is 19.1. The van der Waals surface area contributed by atoms with E-state index in [1.165, 1.54) is 0 Å². The molecule has 4 heteroatoms. The first-order valence-corrected chi connectivity index (χ1v) is 5.99. The minimum absolute atomic E-state index is 0.0417. The summed E-state index contributed by atoms with van der Waals surface area (Å²) in [5.41, 5.74) is 7.44. The van der Waals surface area contributed by atoms with Crippen molar-refractivity contribution in [2.75, 3.05) is 37.8 Å². The van der Waals surface area contributed by atoms with Crippen LogP contribution in [0.15, 0.2) is 24.3 Å². The summed E-state index contributed by atoms with van der Waals surface area (Å²) in [5, 5.41) is 0. The van der Waals surface area contributed by atoms with E-state index in [-0.39, 0.29) is 6.04 Å². The Morgan fingerprint density at radius 1 is 1.29 bits per heavy atom. The van der Waals surface area contributed by atoms with Gasteiger partial charge < -0.3 is 15.5 Å². The van der Waals surface area contributed by atoms with Gasteiger partial charge in [-0.05, 0) is 44.8 Å². The summed E-state index contributed by atoms with van der Waals surface area (Å²) >= 11 is 0. The fraction of sp³-hybridized carbons (Fsp3) is 0.538. The van der Waals surface area contributed by atoms with E-state index in [9.17, 15) is 4.39 Å². The van der Waals surface area contributed by atoms with Crippen molar-refractivity contribution in [3.63, 3.8) is 0 Å². The number of nitrogens with zero attached hydrogens (tertiary/aromatic N) is 2. The summed E-state index contributed by atoms with van der Waals surface area (Å²) in [7, 11) is 3.88. The zero-order chi connectivity index (χ0) is 12.4. The largest absolute Gasteiger partial charge is 0.399 e. The fourth-order valence-corrected chi connectivity index (χ4v) is 2.39. The highest BCUT2D eigenvalue weighted by Gasteiger charge is 2.30. The molecular weight excluding hydrogens is 217 g/mol. The zero-order valence-electron chi connectivity index (χ0n) is 10.4. The molecule has 1 aromatic rings. The van der Waals surface area contributed by atoms with Crippen LogP contribution in [-0.2, 0) is 0 Å². The second kappa shape index (κ2) is 4.92. The van der Waals surface area contributed by atoms with Crippen LogP contribution in [0.25, 0.3) is 0 Å². The molecule has 1 aromatic carbocycles. The van der Waals surface area contributed by atoms with Crippen LogP contribution >= 0.6 is 0 Å². The number of hydrogen-bond donors (Lipinski definition) is 1. The van der Waals surface area contributed by atoms with E-state index >= 15 is 0 Å². The van der Waals surface area contributed by atoms with Gasteiger partial charge in [0, 0.05) is 24.0 Å². The van der Waals surface area contributed by atoms with Crippen molar-refractivity contribution >= 4 is 11.4 Å². The lowest BCUT2D eigenvalue weighted by Gasteiger charge is -2.38. The average molecular weight is 237 g/mol. The average Bonchev–Trinajstić information content (AvgIpc) is 2.29. The highest BCUT2D eigenvalue weighted by molar-refractivity contribution is 5.53. The predicted molar refractivity (Wildman–Crippen MR) is 70.1 cm³/mol. The molecule has 1 saturated heterocycles. The Kier molecular flexibility index (Phi) is 3.52. The molecule has 0 amide bonds. The molecule has 0 aliphatic carbocycles. The third-order valence-corrected chi connectivity index (χ3v) is 3.43. The molecule has 2 unspecified atom stereocenters. The molecule has 1 heterocycles. The number of alkyl halides is 1. The third-order valence-electron chi connectivity index (χ3n) is 3.43. The van der Waals surface area contributed by atoms with E-state index in [1.807, 2.05) is 43.3 Å². The smallest absolute Gasteiger partial charge is 0.133 e. The van der Waals surface area contributed by atoms with Crippen molar-refractivity contribution in [3.05, 3.63) is 24.3 Å². The number of nitrogen functional groups attached to an aromatic ring is 1. The third kappa shape index (κ3) is 2.69. The van der Waals surface area contributed by atoms with Gasteiger partial charge in [-0.2, -0.15) is 0 Å². The van der Waals surface area contributed by atoms with Crippen molar-refractivity contribution < 1.29 is 4.39 Å². The fourth-order valence-electron chi connectivity index (χ4n) is 2.39. The van der Waals surface area contributed by atoms with E-state index in [2.05, 4.69) is 4.90 Å². The molecule has 0 spiro atoms. The molecule has 2 atom stereocenters. The Morgan fingerprint density at radius 3 is 2.47 bits per heavy atom. The summed E-state index contributed by atoms with van der Waals surface area (Å²) in [4.78, 5) is 4.06. The van der Waals surface area contributed by atoms with Crippen molar-refractivity contribution in [3.8, 4) is 0 Å². The normalized spacial score (nSPS) is 25.3. The molecule has 1 aliphatic rings. The first-order chi connectivity index (χ1) is 8.08. The quantitative estimate of drug-likeness (QED) is 0.795. The number of rotatable bonds is 2. The molecule has 0 saturated carbocycles. The number of hydrogen-bond acceptors (Lipinski definition) is 3. The monoisotopic (exact) mass is 237 g/mol. The lowest BCUT2D eigenvalue weighted by Crippen LogP contribution is -2.50. The van der Waals surface area contributed by atoms with E-state index in [0.29, 0.717) is 6.54 Å². The topological polar surface area (TPSA) is 32.5 Å². The molecule has 3 nitrogen and oxygen atoms in total. The molecule has 0 radical (unpaired) electrons. The van der Waals surface area contributed by atoms with E-state index in [0.717, 1.165) is 24.3 Å². The van der Waals surface area contributed by atoms with E-state index in [1.54, 1.807) is 0 Å². The van der Waals surface area contributed by atoms with Gasteiger partial charge in [0.05, 0.1) is 6.54 Å². The second-order valence-corrected chi connectivity index (χ2v) is 4.87. The van der Waals surface area contributed by atoms with Crippen molar-refractivity contribution in [2.45, 2.75) is 18.6 Å². The zero-order valence-corrected chi connectivity index (χ0v) is 10.4. The van der Waals surface area contributed by atoms with Crippen LogP contribution in [-0.4, -0.2) is 44.3 Å². The minimum atomic E-state index is -0.795. The van der Waals surface area contributed by atoms with Crippen molar-refractivity contribution in [1.82, 2.24) is 4.90 Å². The van der Waals surface area contributed by atoms with E-state index < -0.39 is 6.17 Å². The first-order valence-electron chi connectivity index (χ1n) is 5.99. The molecule has 1 fully saturated rings. The van der Waals surface area contributed by atoms with Gasteiger partial charge in [-0.15, -0.1) is 0 Å². The van der Waals surface area contributed by atoms with Crippen LogP contribution in [0.2, 0.25) is 0 Å². The first kappa shape index (κ1) is 12.2. The minimum Gasteiger partial charge on any atom is -0.399 e. The molecule has 1 aliphatic heterocycles. The van der Waals surface area contributed by atoms with Gasteiger partial charge >= 0.3 is 0 Å². The van der Waals surface area contributed by atoms with Gasteiger partial charge in [-0.3, -0.25) is 0 Å². The summed E-state index contributed by atoms with van der Waals surface area (Å²) in [6.07, 6.45) is 0.0646. The van der Waals surface area contributed by atoms with Crippen molar-refractivity contribution in [1.29, 1.82) is 0 Å². The van der Waals surface area contributed by atoms with Crippen LogP contribution in [0.5, 0.6) is 0 Å². The number of benzene rings is 1.